The number of nitrogens with one attached hydrogen (secondary N) is 3. The molecule has 0 spiro atoms. The average Bonchev–Trinajstić information content (AvgIpc) is 2.75. The van der Waals surface area contributed by atoms with Gasteiger partial charge in [0, 0.05) is 0 Å². The molecule has 0 fully saturated rings. The molecule has 0 aliphatic rings. The van der Waals surface area contributed by atoms with E-state index in [1.54, 1.807) is 12.1 Å². The van der Waals surface area contributed by atoms with Gasteiger partial charge in [-0.05, 0) is 31.0 Å². The van der Waals surface area contributed by atoms with E-state index in [0.717, 1.165) is 6.92 Å². The summed E-state index contributed by atoms with van der Waals surface area (Å²) in [6.45, 7) is 0.214. The Hall–Kier alpha value is -3.75. The van der Waals surface area contributed by atoms with Gasteiger partial charge in [-0.25, -0.2) is 4.79 Å². The highest BCUT2D eigenvalue weighted by atomic mass is 16.4. The maximum absolute atomic E-state index is 12.5. The smallest absolute Gasteiger partial charge is 0.326 e. The zero-order chi connectivity index (χ0) is 26.0. The fourth-order valence-electron chi connectivity index (χ4n) is 2.75. The quantitative estimate of drug-likeness (QED) is 0.134. The SMILES string of the molecule is CC(O)C(NC(=O)C(CO)NC(=O)C(N)Cc1ccc(O)cc1)C(=O)NC(CC(=O)O)C(=O)O. The molecule has 0 aliphatic carbocycles. The minimum absolute atomic E-state index is 0.0214. The van der Waals surface area contributed by atoms with Crippen LogP contribution in [0.5, 0.6) is 5.75 Å². The van der Waals surface area contributed by atoms with Crippen molar-refractivity contribution in [3.63, 3.8) is 0 Å². The van der Waals surface area contributed by atoms with Gasteiger partial charge in [-0.15, -0.1) is 0 Å². The van der Waals surface area contributed by atoms with Crippen LogP contribution in [0.4, 0.5) is 0 Å². The second-order valence-electron chi connectivity index (χ2n) is 7.44. The number of carboxylic acids is 2. The molecule has 0 aliphatic heterocycles. The Bertz CT molecular complexity index is 890. The van der Waals surface area contributed by atoms with Gasteiger partial charge >= 0.3 is 11.9 Å². The van der Waals surface area contributed by atoms with E-state index in [1.165, 1.54) is 12.1 Å². The molecule has 14 heteroatoms. The Kier molecular flexibility index (Phi) is 10.9. The molecule has 0 saturated heterocycles. The maximum atomic E-state index is 12.5. The molecule has 1 aromatic carbocycles. The lowest BCUT2D eigenvalue weighted by atomic mass is 10.1. The van der Waals surface area contributed by atoms with Crippen LogP contribution in [0.2, 0.25) is 0 Å². The number of nitrogens with two attached hydrogens (primary N) is 1. The predicted octanol–water partition coefficient (Wildman–Crippen LogP) is -3.35. The van der Waals surface area contributed by atoms with Crippen LogP contribution >= 0.6 is 0 Å². The standard InChI is InChI=1S/C20H28N4O10/c1-9(26)16(19(32)22-13(20(33)34)7-15(28)29)24-18(31)14(8-25)23-17(30)12(21)6-10-2-4-11(27)5-3-10/h2-5,9,12-14,16,25-27H,6-8,21H2,1H3,(H,22,32)(H,23,30)(H,24,31)(H,28,29)(H,33,34). The van der Waals surface area contributed by atoms with E-state index in [1.807, 2.05) is 5.32 Å². The molecule has 3 amide bonds. The predicted molar refractivity (Wildman–Crippen MR) is 114 cm³/mol. The highest BCUT2D eigenvalue weighted by Crippen LogP contribution is 2.11. The summed E-state index contributed by atoms with van der Waals surface area (Å²) >= 11 is 0. The molecular formula is C20H28N4O10. The minimum Gasteiger partial charge on any atom is -0.508 e. The second kappa shape index (κ2) is 13.1. The summed E-state index contributed by atoms with van der Waals surface area (Å²) in [7, 11) is 0. The Labute approximate surface area is 193 Å². The monoisotopic (exact) mass is 484 g/mol. The van der Waals surface area contributed by atoms with Crippen molar-refractivity contribution < 1.29 is 49.5 Å². The summed E-state index contributed by atoms with van der Waals surface area (Å²) in [4.78, 5) is 59.1. The molecule has 34 heavy (non-hydrogen) atoms. The van der Waals surface area contributed by atoms with E-state index in [-0.39, 0.29) is 12.2 Å². The van der Waals surface area contributed by atoms with Gasteiger partial charge in [-0.3, -0.25) is 19.2 Å². The number of aliphatic carboxylic acids is 2. The van der Waals surface area contributed by atoms with E-state index in [0.29, 0.717) is 5.56 Å². The fraction of sp³-hybridized carbons (Fsp3) is 0.450. The van der Waals surface area contributed by atoms with Crippen LogP contribution < -0.4 is 21.7 Å². The first kappa shape index (κ1) is 28.3. The lowest BCUT2D eigenvalue weighted by molar-refractivity contribution is -0.148. The number of aliphatic hydroxyl groups excluding tert-OH is 2. The zero-order valence-corrected chi connectivity index (χ0v) is 18.2. The van der Waals surface area contributed by atoms with Crippen LogP contribution in [0.25, 0.3) is 0 Å². The van der Waals surface area contributed by atoms with E-state index in [2.05, 4.69) is 10.6 Å². The molecule has 0 radical (unpaired) electrons. The lowest BCUT2D eigenvalue weighted by Gasteiger charge is -2.25. The van der Waals surface area contributed by atoms with Gasteiger partial charge in [0.15, 0.2) is 0 Å². The van der Waals surface area contributed by atoms with Crippen molar-refractivity contribution in [1.29, 1.82) is 0 Å². The van der Waals surface area contributed by atoms with Crippen molar-refractivity contribution in [2.45, 2.75) is 50.0 Å². The molecular weight excluding hydrogens is 456 g/mol. The van der Waals surface area contributed by atoms with E-state index < -0.39 is 73.0 Å². The van der Waals surface area contributed by atoms with Crippen molar-refractivity contribution in [2.24, 2.45) is 5.73 Å². The van der Waals surface area contributed by atoms with E-state index in [9.17, 15) is 39.3 Å². The molecule has 5 unspecified atom stereocenters. The number of phenols is 1. The zero-order valence-electron chi connectivity index (χ0n) is 18.2. The number of rotatable bonds is 13. The number of carboxylic acid groups (broad SMARTS) is 2. The summed E-state index contributed by atoms with van der Waals surface area (Å²) in [6, 6.07) is -0.364. The minimum atomic E-state index is -1.82. The van der Waals surface area contributed by atoms with Crippen LogP contribution in [0, 0.1) is 0 Å². The number of phenolic OH excluding ortho intramolecular Hbond substituents is 1. The Morgan fingerprint density at radius 3 is 1.94 bits per heavy atom. The molecule has 188 valence electrons. The van der Waals surface area contributed by atoms with Crippen LogP contribution in [0.1, 0.15) is 18.9 Å². The van der Waals surface area contributed by atoms with Gasteiger partial charge in [0.05, 0.1) is 25.2 Å². The molecule has 0 heterocycles. The van der Waals surface area contributed by atoms with Crippen LogP contribution in [0.15, 0.2) is 24.3 Å². The van der Waals surface area contributed by atoms with Crippen LogP contribution in [-0.4, -0.2) is 92.1 Å². The Morgan fingerprint density at radius 1 is 0.912 bits per heavy atom. The van der Waals surface area contributed by atoms with Gasteiger partial charge in [0.1, 0.15) is 23.9 Å². The molecule has 5 atom stereocenters. The van der Waals surface area contributed by atoms with Gasteiger partial charge in [-0.1, -0.05) is 12.1 Å². The highest BCUT2D eigenvalue weighted by Gasteiger charge is 2.33. The third-order valence-corrected chi connectivity index (χ3v) is 4.60. The summed E-state index contributed by atoms with van der Waals surface area (Å²) in [5, 5.41) is 52.6. The number of hydrogen-bond donors (Lipinski definition) is 9. The van der Waals surface area contributed by atoms with Crippen molar-refractivity contribution in [2.75, 3.05) is 6.61 Å². The first-order valence-electron chi connectivity index (χ1n) is 10.0. The van der Waals surface area contributed by atoms with Crippen LogP contribution in [0.3, 0.4) is 0 Å². The molecule has 14 nitrogen and oxygen atoms in total. The number of carbonyl (C=O) groups is 5. The van der Waals surface area contributed by atoms with Crippen molar-refractivity contribution in [1.82, 2.24) is 16.0 Å². The summed E-state index contributed by atoms with van der Waals surface area (Å²) < 4.78 is 0. The number of carbonyl (C=O) groups excluding carboxylic acids is 3. The van der Waals surface area contributed by atoms with Crippen molar-refractivity contribution in [3.05, 3.63) is 29.8 Å². The fourth-order valence-corrected chi connectivity index (χ4v) is 2.75. The normalized spacial score (nSPS) is 15.2. The topological polar surface area (TPSA) is 249 Å². The van der Waals surface area contributed by atoms with Crippen molar-refractivity contribution >= 4 is 29.7 Å². The van der Waals surface area contributed by atoms with E-state index >= 15 is 0 Å². The number of amides is 3. The number of benzene rings is 1. The van der Waals surface area contributed by atoms with Gasteiger partial charge < -0.3 is 47.2 Å². The summed E-state index contributed by atoms with van der Waals surface area (Å²) in [5.41, 5.74) is 6.43. The number of hydrogen-bond acceptors (Lipinski definition) is 9. The highest BCUT2D eigenvalue weighted by molar-refractivity contribution is 5.95. The largest absolute Gasteiger partial charge is 0.508 e. The lowest BCUT2D eigenvalue weighted by Crippen LogP contribution is -2.60. The molecule has 0 saturated carbocycles. The molecule has 1 rings (SSSR count). The second-order valence-corrected chi connectivity index (χ2v) is 7.44. The maximum Gasteiger partial charge on any atom is 0.326 e. The molecule has 1 aromatic rings. The van der Waals surface area contributed by atoms with Gasteiger partial charge in [0.25, 0.3) is 0 Å². The molecule has 0 bridgehead atoms. The number of aromatic hydroxyl groups is 1. The van der Waals surface area contributed by atoms with Crippen LogP contribution in [-0.2, 0) is 30.4 Å². The number of aliphatic hydroxyl groups is 2. The Morgan fingerprint density at radius 2 is 1.47 bits per heavy atom. The van der Waals surface area contributed by atoms with E-state index in [4.69, 9.17) is 15.9 Å². The average molecular weight is 484 g/mol. The summed E-state index contributed by atoms with van der Waals surface area (Å²) in [6.07, 6.45) is -2.45. The van der Waals surface area contributed by atoms with Gasteiger partial charge in [0.2, 0.25) is 17.7 Å². The molecule has 10 N–H and O–H groups in total. The van der Waals surface area contributed by atoms with Crippen molar-refractivity contribution in [3.8, 4) is 5.75 Å². The third kappa shape index (κ3) is 9.01. The molecule has 0 aromatic heterocycles. The first-order chi connectivity index (χ1) is 15.8. The Balaban J connectivity index is 2.80. The summed E-state index contributed by atoms with van der Waals surface area (Å²) in [5.74, 6) is -6.21. The third-order valence-electron chi connectivity index (χ3n) is 4.60. The first-order valence-corrected chi connectivity index (χ1v) is 10.0. The van der Waals surface area contributed by atoms with Gasteiger partial charge in [-0.2, -0.15) is 0 Å².